The third-order valence-electron chi connectivity index (χ3n) is 4.82. The molecule has 2 aromatic carbocycles. The molecule has 0 saturated carbocycles. The van der Waals surface area contributed by atoms with Crippen molar-refractivity contribution in [1.29, 1.82) is 0 Å². The summed E-state index contributed by atoms with van der Waals surface area (Å²) >= 11 is 0. The summed E-state index contributed by atoms with van der Waals surface area (Å²) in [7, 11) is 0. The molecule has 0 spiro atoms. The zero-order valence-electron chi connectivity index (χ0n) is 12.9. The van der Waals surface area contributed by atoms with Crippen LogP contribution in [0.15, 0.2) is 71.8 Å². The first-order chi connectivity index (χ1) is 11.8. The molecule has 4 heteroatoms. The molecular formula is C20H15N3O. The fraction of sp³-hybridized carbons (Fsp3) is 0.100. The third-order valence-corrected chi connectivity index (χ3v) is 4.82. The molecule has 4 nitrogen and oxygen atoms in total. The minimum Gasteiger partial charge on any atom is -0.317 e. The Balaban J connectivity index is 1.79. The lowest BCUT2D eigenvalue weighted by Gasteiger charge is -2.15. The fourth-order valence-corrected chi connectivity index (χ4v) is 3.80. The molecule has 0 aliphatic heterocycles. The fourth-order valence-electron chi connectivity index (χ4n) is 3.80. The summed E-state index contributed by atoms with van der Waals surface area (Å²) in [4.78, 5) is 19.6. The minimum atomic E-state index is -0.145. The summed E-state index contributed by atoms with van der Waals surface area (Å²) in [6.07, 6.45) is 4.46. The number of H-pyrrole nitrogens is 1. The molecule has 116 valence electrons. The maximum atomic E-state index is 12.3. The van der Waals surface area contributed by atoms with Gasteiger partial charge in [0, 0.05) is 23.9 Å². The van der Waals surface area contributed by atoms with Gasteiger partial charge in [-0.25, -0.2) is 4.98 Å². The lowest BCUT2D eigenvalue weighted by atomic mass is 9.92. The number of rotatable bonds is 2. The van der Waals surface area contributed by atoms with Gasteiger partial charge in [-0.2, -0.15) is 0 Å². The SMILES string of the molecule is O=c1[nH]c2c(n3ccnc13)C(Cc1ccccc1)c1ccccc1-2. The van der Waals surface area contributed by atoms with Gasteiger partial charge in [0.2, 0.25) is 5.65 Å². The number of nitrogens with one attached hydrogen (secondary N) is 1. The van der Waals surface area contributed by atoms with E-state index in [1.54, 1.807) is 6.20 Å². The summed E-state index contributed by atoms with van der Waals surface area (Å²) in [6.45, 7) is 0. The van der Waals surface area contributed by atoms with Gasteiger partial charge in [0.15, 0.2) is 0 Å². The number of aromatic nitrogens is 3. The highest BCUT2D eigenvalue weighted by atomic mass is 16.1. The van der Waals surface area contributed by atoms with Crippen molar-refractivity contribution in [1.82, 2.24) is 14.4 Å². The van der Waals surface area contributed by atoms with Crippen molar-refractivity contribution in [3.05, 3.63) is 94.2 Å². The quantitative estimate of drug-likeness (QED) is 0.617. The highest BCUT2D eigenvalue weighted by Crippen LogP contribution is 2.44. The molecule has 0 radical (unpaired) electrons. The molecule has 1 unspecified atom stereocenters. The number of nitrogens with zero attached hydrogens (tertiary/aromatic N) is 2. The van der Waals surface area contributed by atoms with E-state index in [-0.39, 0.29) is 11.5 Å². The predicted octanol–water partition coefficient (Wildman–Crippen LogP) is 3.38. The third kappa shape index (κ3) is 1.80. The van der Waals surface area contributed by atoms with Crippen LogP contribution < -0.4 is 5.56 Å². The Morgan fingerprint density at radius 2 is 1.83 bits per heavy atom. The molecule has 2 heterocycles. The molecule has 5 rings (SSSR count). The van der Waals surface area contributed by atoms with Gasteiger partial charge in [-0.15, -0.1) is 0 Å². The van der Waals surface area contributed by atoms with Gasteiger partial charge in [0.25, 0.3) is 5.56 Å². The molecule has 1 aliphatic carbocycles. The average molecular weight is 313 g/mol. The smallest absolute Gasteiger partial charge is 0.292 e. The van der Waals surface area contributed by atoms with Gasteiger partial charge in [-0.05, 0) is 17.5 Å². The summed E-state index contributed by atoms with van der Waals surface area (Å²) < 4.78 is 1.95. The Morgan fingerprint density at radius 1 is 1.04 bits per heavy atom. The van der Waals surface area contributed by atoms with Gasteiger partial charge < -0.3 is 4.98 Å². The molecule has 0 fully saturated rings. The molecule has 1 atom stereocenters. The largest absolute Gasteiger partial charge is 0.317 e. The van der Waals surface area contributed by atoms with Crippen LogP contribution in [0.4, 0.5) is 0 Å². The zero-order chi connectivity index (χ0) is 16.1. The van der Waals surface area contributed by atoms with Gasteiger partial charge in [0.1, 0.15) is 0 Å². The van der Waals surface area contributed by atoms with Crippen LogP contribution in [-0.4, -0.2) is 14.4 Å². The second kappa shape index (κ2) is 4.93. The van der Waals surface area contributed by atoms with E-state index in [9.17, 15) is 4.79 Å². The Hall–Kier alpha value is -3.14. The van der Waals surface area contributed by atoms with Crippen molar-refractivity contribution in [2.75, 3.05) is 0 Å². The normalized spacial score (nSPS) is 15.4. The van der Waals surface area contributed by atoms with E-state index >= 15 is 0 Å². The van der Waals surface area contributed by atoms with Crippen LogP contribution in [0.1, 0.15) is 22.7 Å². The van der Waals surface area contributed by atoms with E-state index in [2.05, 4.69) is 52.4 Å². The molecule has 2 aromatic heterocycles. The Morgan fingerprint density at radius 3 is 2.71 bits per heavy atom. The van der Waals surface area contributed by atoms with Crippen LogP contribution in [0.25, 0.3) is 16.9 Å². The van der Waals surface area contributed by atoms with Gasteiger partial charge in [-0.1, -0.05) is 54.6 Å². The van der Waals surface area contributed by atoms with Gasteiger partial charge in [-0.3, -0.25) is 9.20 Å². The summed E-state index contributed by atoms with van der Waals surface area (Å²) in [6, 6.07) is 18.8. The number of fused-ring (bicyclic) bond motifs is 5. The lowest BCUT2D eigenvalue weighted by molar-refractivity contribution is 0.775. The second-order valence-corrected chi connectivity index (χ2v) is 6.16. The number of benzene rings is 2. The van der Waals surface area contributed by atoms with Crippen LogP contribution in [0, 0.1) is 0 Å². The number of imidazole rings is 1. The molecule has 0 amide bonds. The first kappa shape index (κ1) is 13.3. The van der Waals surface area contributed by atoms with E-state index in [1.165, 1.54) is 11.1 Å². The first-order valence-corrected chi connectivity index (χ1v) is 8.05. The van der Waals surface area contributed by atoms with E-state index in [0.717, 1.165) is 23.4 Å². The lowest BCUT2D eigenvalue weighted by Crippen LogP contribution is -2.15. The number of aromatic amines is 1. The van der Waals surface area contributed by atoms with Crippen LogP contribution >= 0.6 is 0 Å². The van der Waals surface area contributed by atoms with Crippen molar-refractivity contribution >= 4 is 5.65 Å². The van der Waals surface area contributed by atoms with Crippen molar-refractivity contribution < 1.29 is 0 Å². The Labute approximate surface area is 138 Å². The highest BCUT2D eigenvalue weighted by molar-refractivity contribution is 5.75. The van der Waals surface area contributed by atoms with Gasteiger partial charge in [0.05, 0.1) is 11.4 Å². The van der Waals surface area contributed by atoms with E-state index in [0.29, 0.717) is 5.65 Å². The second-order valence-electron chi connectivity index (χ2n) is 6.16. The predicted molar refractivity (Wildman–Crippen MR) is 93.2 cm³/mol. The average Bonchev–Trinajstić information content (AvgIpc) is 3.21. The minimum absolute atomic E-state index is 0.145. The first-order valence-electron chi connectivity index (χ1n) is 8.05. The van der Waals surface area contributed by atoms with E-state index in [4.69, 9.17) is 0 Å². The highest BCUT2D eigenvalue weighted by Gasteiger charge is 2.32. The maximum Gasteiger partial charge on any atom is 0.292 e. The standard InChI is InChI=1S/C20H15N3O/c24-20-19-21-10-11-23(19)18-16(12-13-6-2-1-3-7-13)14-8-4-5-9-15(14)17(18)22-20/h1-11,16H,12H2,(H,22,24). The Bertz CT molecular complexity index is 1110. The topological polar surface area (TPSA) is 50.2 Å². The summed E-state index contributed by atoms with van der Waals surface area (Å²) in [5.41, 5.74) is 6.00. The van der Waals surface area contributed by atoms with Crippen molar-refractivity contribution in [3.8, 4) is 11.3 Å². The van der Waals surface area contributed by atoms with Crippen LogP contribution in [0.5, 0.6) is 0 Å². The Kier molecular flexibility index (Phi) is 2.73. The summed E-state index contributed by atoms with van der Waals surface area (Å²) in [5, 5.41) is 0. The molecule has 4 aromatic rings. The van der Waals surface area contributed by atoms with E-state index in [1.807, 2.05) is 22.7 Å². The number of hydrogen-bond donors (Lipinski definition) is 1. The van der Waals surface area contributed by atoms with Crippen LogP contribution in [-0.2, 0) is 6.42 Å². The molecule has 1 aliphatic rings. The number of hydrogen-bond acceptors (Lipinski definition) is 2. The molecule has 0 bridgehead atoms. The zero-order valence-corrected chi connectivity index (χ0v) is 12.9. The molecule has 1 N–H and O–H groups in total. The molecular weight excluding hydrogens is 298 g/mol. The van der Waals surface area contributed by atoms with Crippen LogP contribution in [0.3, 0.4) is 0 Å². The van der Waals surface area contributed by atoms with Crippen molar-refractivity contribution in [2.24, 2.45) is 0 Å². The van der Waals surface area contributed by atoms with E-state index < -0.39 is 0 Å². The molecule has 24 heavy (non-hydrogen) atoms. The van der Waals surface area contributed by atoms with Crippen molar-refractivity contribution in [3.63, 3.8) is 0 Å². The molecule has 0 saturated heterocycles. The van der Waals surface area contributed by atoms with Crippen LogP contribution in [0.2, 0.25) is 0 Å². The maximum absolute atomic E-state index is 12.3. The van der Waals surface area contributed by atoms with Crippen molar-refractivity contribution in [2.45, 2.75) is 12.3 Å². The van der Waals surface area contributed by atoms with Gasteiger partial charge >= 0.3 is 0 Å². The monoisotopic (exact) mass is 313 g/mol. The summed E-state index contributed by atoms with van der Waals surface area (Å²) in [5.74, 6) is 0.201.